The maximum atomic E-state index is 11.3. The van der Waals surface area contributed by atoms with Crippen LogP contribution in [0.15, 0.2) is 0 Å². The molecule has 1 fully saturated rings. The van der Waals surface area contributed by atoms with Gasteiger partial charge >= 0.3 is 0 Å². The molecular weight excluding hydrogens is 148 g/mol. The van der Waals surface area contributed by atoms with Gasteiger partial charge in [0.2, 0.25) is 0 Å². The van der Waals surface area contributed by atoms with Crippen LogP contribution in [-0.2, 0) is 10.8 Å². The smallest absolute Gasteiger partial charge is 0.0563 e. The van der Waals surface area contributed by atoms with Gasteiger partial charge in [0.05, 0.1) is 6.10 Å². The van der Waals surface area contributed by atoms with Gasteiger partial charge in [-0.15, -0.1) is 0 Å². The van der Waals surface area contributed by atoms with E-state index in [1.165, 1.54) is 0 Å². The van der Waals surface area contributed by atoms with E-state index in [9.17, 15) is 9.32 Å². The first-order valence-electron chi connectivity index (χ1n) is 3.59. The van der Waals surface area contributed by atoms with Gasteiger partial charge in [-0.2, -0.15) is 0 Å². The fourth-order valence-electron chi connectivity index (χ4n) is 1.28. The Kier molecular flexibility index (Phi) is 2.15. The van der Waals surface area contributed by atoms with E-state index in [0.717, 1.165) is 0 Å². The molecule has 0 amide bonds. The molecule has 1 rings (SSSR count). The van der Waals surface area contributed by atoms with E-state index in [1.54, 1.807) is 0 Å². The van der Waals surface area contributed by atoms with Crippen molar-refractivity contribution in [3.8, 4) is 0 Å². The Balaban J connectivity index is 2.63. The third kappa shape index (κ3) is 1.58. The predicted molar refractivity (Wildman–Crippen MR) is 42.3 cm³/mol. The summed E-state index contributed by atoms with van der Waals surface area (Å²) in [7, 11) is -0.731. The number of hydrogen-bond donors (Lipinski definition) is 1. The highest BCUT2D eigenvalue weighted by Crippen LogP contribution is 2.26. The quantitative estimate of drug-likeness (QED) is 0.568. The van der Waals surface area contributed by atoms with Gasteiger partial charge in [-0.25, -0.2) is 0 Å². The van der Waals surface area contributed by atoms with Gasteiger partial charge in [0, 0.05) is 21.3 Å². The van der Waals surface area contributed by atoms with Crippen LogP contribution < -0.4 is 0 Å². The van der Waals surface area contributed by atoms with E-state index in [0.29, 0.717) is 18.6 Å². The molecule has 3 heteroatoms. The van der Waals surface area contributed by atoms with Gasteiger partial charge < -0.3 is 5.11 Å². The van der Waals surface area contributed by atoms with Crippen LogP contribution in [-0.4, -0.2) is 25.9 Å². The third-order valence-corrected chi connectivity index (χ3v) is 3.99. The summed E-state index contributed by atoms with van der Waals surface area (Å²) in [4.78, 5) is 0. The molecule has 60 valence electrons. The van der Waals surface area contributed by atoms with E-state index in [1.807, 2.05) is 13.8 Å². The largest absolute Gasteiger partial charge is 0.393 e. The molecule has 1 N–H and O–H groups in total. The van der Waals surface area contributed by atoms with E-state index in [-0.39, 0.29) is 10.9 Å². The lowest BCUT2D eigenvalue weighted by Gasteiger charge is -2.31. The molecule has 2 nitrogen and oxygen atoms in total. The lowest BCUT2D eigenvalue weighted by molar-refractivity contribution is 0.144. The summed E-state index contributed by atoms with van der Waals surface area (Å²) in [6, 6.07) is 0. The minimum absolute atomic E-state index is 0.169. The van der Waals surface area contributed by atoms with Crippen LogP contribution >= 0.6 is 0 Å². The van der Waals surface area contributed by atoms with Gasteiger partial charge in [0.15, 0.2) is 0 Å². The molecule has 2 unspecified atom stereocenters. The molecule has 1 aliphatic heterocycles. The summed E-state index contributed by atoms with van der Waals surface area (Å²) in [6.07, 6.45) is 1.16. The second-order valence-electron chi connectivity index (χ2n) is 3.46. The molecule has 0 spiro atoms. The molecule has 2 atom stereocenters. The maximum Gasteiger partial charge on any atom is 0.0563 e. The Bertz CT molecular complexity index is 154. The topological polar surface area (TPSA) is 37.3 Å². The third-order valence-electron chi connectivity index (χ3n) is 1.98. The second kappa shape index (κ2) is 2.62. The van der Waals surface area contributed by atoms with Gasteiger partial charge in [0.25, 0.3) is 0 Å². The van der Waals surface area contributed by atoms with E-state index < -0.39 is 10.8 Å². The molecular formula is C7H14O2S. The highest BCUT2D eigenvalue weighted by atomic mass is 32.2. The van der Waals surface area contributed by atoms with E-state index in [2.05, 4.69) is 0 Å². The standard InChI is InChI=1S/C7H14O2S/c1-7(2)5-6(8)3-4-10(7)9/h6,8H,3-5H2,1-2H3. The molecule has 0 radical (unpaired) electrons. The average Bonchev–Trinajstić information content (AvgIpc) is 1.78. The van der Waals surface area contributed by atoms with Crippen molar-refractivity contribution < 1.29 is 9.32 Å². The molecule has 0 bridgehead atoms. The number of aliphatic hydroxyl groups excluding tert-OH is 1. The van der Waals surface area contributed by atoms with Gasteiger partial charge in [-0.1, -0.05) is 0 Å². The summed E-state index contributed by atoms with van der Waals surface area (Å²) >= 11 is 0. The normalized spacial score (nSPS) is 39.5. The number of hydrogen-bond acceptors (Lipinski definition) is 2. The average molecular weight is 162 g/mol. The number of aliphatic hydroxyl groups is 1. The fraction of sp³-hybridized carbons (Fsp3) is 1.00. The van der Waals surface area contributed by atoms with Crippen molar-refractivity contribution in [2.24, 2.45) is 0 Å². The zero-order valence-electron chi connectivity index (χ0n) is 6.46. The first-order valence-corrected chi connectivity index (χ1v) is 4.91. The Morgan fingerprint density at radius 3 is 2.60 bits per heavy atom. The van der Waals surface area contributed by atoms with Crippen molar-refractivity contribution in [3.05, 3.63) is 0 Å². The van der Waals surface area contributed by atoms with Gasteiger partial charge in [-0.3, -0.25) is 4.21 Å². The minimum Gasteiger partial charge on any atom is -0.393 e. The fourth-order valence-corrected chi connectivity index (χ4v) is 2.70. The summed E-state index contributed by atoms with van der Waals surface area (Å²) in [5.74, 6) is 0.661. The second-order valence-corrected chi connectivity index (χ2v) is 5.66. The van der Waals surface area contributed by atoms with Crippen LogP contribution in [0.2, 0.25) is 0 Å². The number of rotatable bonds is 0. The zero-order valence-corrected chi connectivity index (χ0v) is 7.28. The SMILES string of the molecule is CC1(C)CC(O)CCS1=O. The maximum absolute atomic E-state index is 11.3. The van der Waals surface area contributed by atoms with Crippen molar-refractivity contribution in [3.63, 3.8) is 0 Å². The minimum atomic E-state index is -0.731. The summed E-state index contributed by atoms with van der Waals surface area (Å²) < 4.78 is 11.1. The Morgan fingerprint density at radius 2 is 2.20 bits per heavy atom. The van der Waals surface area contributed by atoms with Crippen molar-refractivity contribution in [2.75, 3.05) is 5.75 Å². The molecule has 1 heterocycles. The predicted octanol–water partition coefficient (Wildman–Crippen LogP) is 0.668. The van der Waals surface area contributed by atoms with Crippen molar-refractivity contribution in [1.29, 1.82) is 0 Å². The van der Waals surface area contributed by atoms with Crippen molar-refractivity contribution in [2.45, 2.75) is 37.5 Å². The highest BCUT2D eigenvalue weighted by molar-refractivity contribution is 7.86. The Morgan fingerprint density at radius 1 is 1.60 bits per heavy atom. The summed E-state index contributed by atoms with van der Waals surface area (Å²) in [5.41, 5.74) is 0. The molecule has 10 heavy (non-hydrogen) atoms. The van der Waals surface area contributed by atoms with Crippen LogP contribution in [0.3, 0.4) is 0 Å². The highest BCUT2D eigenvalue weighted by Gasteiger charge is 2.33. The molecule has 0 aliphatic carbocycles. The molecule has 0 aromatic carbocycles. The van der Waals surface area contributed by atoms with Crippen molar-refractivity contribution >= 4 is 10.8 Å². The summed E-state index contributed by atoms with van der Waals surface area (Å²) in [6.45, 7) is 3.90. The molecule has 1 aliphatic rings. The lowest BCUT2D eigenvalue weighted by Crippen LogP contribution is -2.38. The summed E-state index contributed by atoms with van der Waals surface area (Å²) in [5, 5.41) is 9.23. The van der Waals surface area contributed by atoms with Crippen LogP contribution in [0.1, 0.15) is 26.7 Å². The van der Waals surface area contributed by atoms with Crippen LogP contribution in [0, 0.1) is 0 Å². The Labute approximate surface area is 64.1 Å². The van der Waals surface area contributed by atoms with E-state index in [4.69, 9.17) is 0 Å². The first kappa shape index (κ1) is 8.21. The van der Waals surface area contributed by atoms with Crippen LogP contribution in [0.25, 0.3) is 0 Å². The molecule has 0 aromatic rings. The van der Waals surface area contributed by atoms with Crippen LogP contribution in [0.5, 0.6) is 0 Å². The van der Waals surface area contributed by atoms with E-state index >= 15 is 0 Å². The van der Waals surface area contributed by atoms with Gasteiger partial charge in [0.1, 0.15) is 0 Å². The van der Waals surface area contributed by atoms with Gasteiger partial charge in [-0.05, 0) is 26.7 Å². The Hall–Kier alpha value is 0.110. The molecule has 1 saturated heterocycles. The molecule has 0 aromatic heterocycles. The monoisotopic (exact) mass is 162 g/mol. The lowest BCUT2D eigenvalue weighted by atomic mass is 10.0. The molecule has 0 saturated carbocycles. The van der Waals surface area contributed by atoms with Crippen molar-refractivity contribution in [1.82, 2.24) is 0 Å². The first-order chi connectivity index (χ1) is 4.52. The van der Waals surface area contributed by atoms with Crippen LogP contribution in [0.4, 0.5) is 0 Å². The zero-order chi connectivity index (χ0) is 7.78.